The lowest BCUT2D eigenvalue weighted by atomic mass is 9.78. The fraction of sp³-hybridized carbons (Fsp3) is 1.00. The van der Waals surface area contributed by atoms with E-state index in [1.807, 2.05) is 11.9 Å². The van der Waals surface area contributed by atoms with Crippen molar-refractivity contribution in [3.8, 4) is 0 Å². The van der Waals surface area contributed by atoms with E-state index in [4.69, 9.17) is 10.0 Å². The lowest BCUT2D eigenvalue weighted by Crippen LogP contribution is -2.39. The minimum Gasteiger partial charge on any atom is -0.426 e. The maximum atomic E-state index is 8.74. The average molecular weight is 129 g/mol. The molecule has 1 aliphatic rings. The summed E-state index contributed by atoms with van der Waals surface area (Å²) in [5.74, 6) is -0.0231. The monoisotopic (exact) mass is 129 g/mol. The zero-order valence-corrected chi connectivity index (χ0v) is 5.62. The standard InChI is InChI=1S/C5H12BNO2/c1-7-4-2-3-5(7)6(8)9/h5,8-9H,2-4H2,1H3/t5-/m0/s1. The van der Waals surface area contributed by atoms with Gasteiger partial charge in [0, 0.05) is 5.94 Å². The minimum atomic E-state index is -1.16. The molecule has 1 heterocycles. The Balaban J connectivity index is 2.40. The van der Waals surface area contributed by atoms with Gasteiger partial charge in [0.25, 0.3) is 0 Å². The molecule has 0 bridgehead atoms. The van der Waals surface area contributed by atoms with Crippen LogP contribution in [0.4, 0.5) is 0 Å². The Bertz CT molecular complexity index is 99.0. The average Bonchev–Trinajstić information content (AvgIpc) is 2.13. The van der Waals surface area contributed by atoms with E-state index in [0.717, 1.165) is 19.4 Å². The molecule has 0 aromatic heterocycles. The molecule has 1 aliphatic heterocycles. The highest BCUT2D eigenvalue weighted by Gasteiger charge is 2.30. The van der Waals surface area contributed by atoms with E-state index in [9.17, 15) is 0 Å². The van der Waals surface area contributed by atoms with Gasteiger partial charge in [-0.1, -0.05) is 0 Å². The summed E-state index contributed by atoms with van der Waals surface area (Å²) in [6.45, 7) is 0.988. The Kier molecular flexibility index (Phi) is 2.11. The van der Waals surface area contributed by atoms with Crippen molar-refractivity contribution in [2.75, 3.05) is 13.6 Å². The molecule has 0 aromatic rings. The third kappa shape index (κ3) is 1.44. The van der Waals surface area contributed by atoms with Crippen LogP contribution in [0, 0.1) is 0 Å². The van der Waals surface area contributed by atoms with Crippen LogP contribution >= 0.6 is 0 Å². The molecule has 0 unspecified atom stereocenters. The first-order valence-electron chi connectivity index (χ1n) is 3.28. The Hall–Kier alpha value is -0.0551. The van der Waals surface area contributed by atoms with Crippen LogP contribution in [0.2, 0.25) is 0 Å². The molecule has 1 rings (SSSR count). The highest BCUT2D eigenvalue weighted by atomic mass is 16.4. The van der Waals surface area contributed by atoms with E-state index in [1.165, 1.54) is 0 Å². The molecule has 2 N–H and O–H groups in total. The van der Waals surface area contributed by atoms with Gasteiger partial charge in [-0.05, 0) is 26.4 Å². The Morgan fingerprint density at radius 3 is 2.44 bits per heavy atom. The molecule has 0 amide bonds. The second-order valence-corrected chi connectivity index (χ2v) is 2.60. The van der Waals surface area contributed by atoms with Crippen molar-refractivity contribution in [1.82, 2.24) is 4.90 Å². The van der Waals surface area contributed by atoms with E-state index < -0.39 is 7.12 Å². The molecule has 9 heavy (non-hydrogen) atoms. The number of rotatable bonds is 1. The quantitative estimate of drug-likeness (QED) is 0.450. The van der Waals surface area contributed by atoms with E-state index in [2.05, 4.69) is 0 Å². The van der Waals surface area contributed by atoms with Gasteiger partial charge in [-0.2, -0.15) is 0 Å². The largest absolute Gasteiger partial charge is 0.469 e. The zero-order chi connectivity index (χ0) is 6.85. The normalized spacial score (nSPS) is 29.0. The summed E-state index contributed by atoms with van der Waals surface area (Å²) in [5.41, 5.74) is 0. The molecule has 0 spiro atoms. The van der Waals surface area contributed by atoms with Crippen molar-refractivity contribution in [1.29, 1.82) is 0 Å². The van der Waals surface area contributed by atoms with Gasteiger partial charge >= 0.3 is 7.12 Å². The molecular formula is C5H12BNO2. The molecule has 1 atom stereocenters. The molecule has 0 saturated carbocycles. The second kappa shape index (κ2) is 2.69. The number of likely N-dealkylation sites (tertiary alicyclic amines) is 1. The Labute approximate surface area is 55.4 Å². The van der Waals surface area contributed by atoms with Gasteiger partial charge in [-0.25, -0.2) is 0 Å². The van der Waals surface area contributed by atoms with Crippen LogP contribution in [0.25, 0.3) is 0 Å². The van der Waals surface area contributed by atoms with E-state index in [-0.39, 0.29) is 5.94 Å². The third-order valence-electron chi connectivity index (χ3n) is 1.92. The van der Waals surface area contributed by atoms with Crippen molar-refractivity contribution in [2.45, 2.75) is 18.8 Å². The number of nitrogens with zero attached hydrogens (tertiary/aromatic N) is 1. The first-order chi connectivity index (χ1) is 4.22. The molecule has 4 heteroatoms. The third-order valence-corrected chi connectivity index (χ3v) is 1.92. The lowest BCUT2D eigenvalue weighted by Gasteiger charge is -2.17. The van der Waals surface area contributed by atoms with Gasteiger partial charge in [-0.3, -0.25) is 0 Å². The molecule has 1 saturated heterocycles. The van der Waals surface area contributed by atoms with Crippen LogP contribution in [0.3, 0.4) is 0 Å². The maximum absolute atomic E-state index is 8.74. The van der Waals surface area contributed by atoms with Gasteiger partial charge in [-0.15, -0.1) is 0 Å². The molecule has 1 fully saturated rings. The highest BCUT2D eigenvalue weighted by Crippen LogP contribution is 2.14. The van der Waals surface area contributed by atoms with Gasteiger partial charge in [0.1, 0.15) is 0 Å². The van der Waals surface area contributed by atoms with E-state index in [0.29, 0.717) is 0 Å². The number of hydrogen-bond acceptors (Lipinski definition) is 3. The fourth-order valence-electron chi connectivity index (χ4n) is 1.31. The Morgan fingerprint density at radius 2 is 2.22 bits per heavy atom. The van der Waals surface area contributed by atoms with E-state index >= 15 is 0 Å². The highest BCUT2D eigenvalue weighted by molar-refractivity contribution is 6.43. The predicted octanol–water partition coefficient (Wildman–Crippen LogP) is -0.907. The summed E-state index contributed by atoms with van der Waals surface area (Å²) in [7, 11) is 0.759. The minimum absolute atomic E-state index is 0.0231. The van der Waals surface area contributed by atoms with Gasteiger partial charge in [0.15, 0.2) is 0 Å². The van der Waals surface area contributed by atoms with Crippen molar-refractivity contribution in [2.24, 2.45) is 0 Å². The molecule has 0 radical (unpaired) electrons. The van der Waals surface area contributed by atoms with Crippen LogP contribution in [0.5, 0.6) is 0 Å². The van der Waals surface area contributed by atoms with Gasteiger partial charge in [0.2, 0.25) is 0 Å². The van der Waals surface area contributed by atoms with Crippen molar-refractivity contribution < 1.29 is 10.0 Å². The second-order valence-electron chi connectivity index (χ2n) is 2.60. The van der Waals surface area contributed by atoms with Crippen molar-refractivity contribution >= 4 is 7.12 Å². The topological polar surface area (TPSA) is 43.7 Å². The fourth-order valence-corrected chi connectivity index (χ4v) is 1.31. The summed E-state index contributed by atoms with van der Waals surface area (Å²) in [4.78, 5) is 1.98. The van der Waals surface area contributed by atoms with Crippen LogP contribution < -0.4 is 0 Å². The SMILES string of the molecule is CN1CCC[C@H]1B(O)O. The summed E-state index contributed by atoms with van der Waals surface area (Å²) in [6, 6.07) is 0. The summed E-state index contributed by atoms with van der Waals surface area (Å²) in [5, 5.41) is 17.5. The predicted molar refractivity (Wildman–Crippen MR) is 35.8 cm³/mol. The lowest BCUT2D eigenvalue weighted by molar-refractivity contribution is 0.297. The molecule has 3 nitrogen and oxygen atoms in total. The van der Waals surface area contributed by atoms with Crippen LogP contribution in [0.1, 0.15) is 12.8 Å². The molecule has 0 aromatic carbocycles. The first-order valence-corrected chi connectivity index (χ1v) is 3.28. The Morgan fingerprint density at radius 1 is 1.56 bits per heavy atom. The van der Waals surface area contributed by atoms with Crippen LogP contribution in [-0.4, -0.2) is 41.6 Å². The van der Waals surface area contributed by atoms with Gasteiger partial charge in [0.05, 0.1) is 0 Å². The molecule has 52 valence electrons. The van der Waals surface area contributed by atoms with Gasteiger partial charge < -0.3 is 14.9 Å². The molecular weight excluding hydrogens is 117 g/mol. The summed E-state index contributed by atoms with van der Waals surface area (Å²) >= 11 is 0. The zero-order valence-electron chi connectivity index (χ0n) is 5.62. The first kappa shape index (κ1) is 7.06. The summed E-state index contributed by atoms with van der Waals surface area (Å²) in [6.07, 6.45) is 1.99. The smallest absolute Gasteiger partial charge is 0.426 e. The van der Waals surface area contributed by atoms with E-state index in [1.54, 1.807) is 0 Å². The number of hydrogen-bond donors (Lipinski definition) is 2. The van der Waals surface area contributed by atoms with Crippen LogP contribution in [-0.2, 0) is 0 Å². The summed E-state index contributed by atoms with van der Waals surface area (Å²) < 4.78 is 0. The maximum Gasteiger partial charge on any atom is 0.469 e. The van der Waals surface area contributed by atoms with Crippen molar-refractivity contribution in [3.05, 3.63) is 0 Å². The molecule has 0 aliphatic carbocycles. The van der Waals surface area contributed by atoms with Crippen LogP contribution in [0.15, 0.2) is 0 Å². The van der Waals surface area contributed by atoms with Crippen molar-refractivity contribution in [3.63, 3.8) is 0 Å².